The van der Waals surface area contributed by atoms with Gasteiger partial charge in [0.25, 0.3) is 0 Å². The van der Waals surface area contributed by atoms with Crippen molar-refractivity contribution >= 4 is 29.3 Å². The highest BCUT2D eigenvalue weighted by molar-refractivity contribution is 8.00. The molecule has 7 nitrogen and oxygen atoms in total. The lowest BCUT2D eigenvalue weighted by atomic mass is 10.2. The number of amides is 1. The quantitative estimate of drug-likeness (QED) is 0.761. The number of aryl methyl sites for hydroxylation is 1. The lowest BCUT2D eigenvalue weighted by molar-refractivity contribution is -0.115. The van der Waals surface area contributed by atoms with Gasteiger partial charge >= 0.3 is 0 Å². The number of morpholine rings is 1. The van der Waals surface area contributed by atoms with Crippen molar-refractivity contribution in [2.24, 2.45) is 0 Å². The Bertz CT molecular complexity index is 807. The number of ether oxygens (including phenoxy) is 1. The molecule has 1 fully saturated rings. The third-order valence-corrected chi connectivity index (χ3v) is 5.48. The number of nitrogens with zero attached hydrogens (tertiary/aromatic N) is 4. The Morgan fingerprint density at radius 1 is 1.37 bits per heavy atom. The summed E-state index contributed by atoms with van der Waals surface area (Å²) in [4.78, 5) is 14.6. The molecular formula is C18H24FN5O2S. The first-order valence-electron chi connectivity index (χ1n) is 8.99. The van der Waals surface area contributed by atoms with E-state index in [0.717, 1.165) is 19.0 Å². The Balaban J connectivity index is 1.67. The summed E-state index contributed by atoms with van der Waals surface area (Å²) in [6, 6.07) is 4.67. The van der Waals surface area contributed by atoms with E-state index >= 15 is 0 Å². The lowest BCUT2D eigenvalue weighted by Gasteiger charge is -2.27. The number of hydrogen-bond acceptors (Lipinski definition) is 6. The van der Waals surface area contributed by atoms with Crippen molar-refractivity contribution in [2.45, 2.75) is 37.7 Å². The summed E-state index contributed by atoms with van der Waals surface area (Å²) < 4.78 is 21.1. The van der Waals surface area contributed by atoms with Gasteiger partial charge in [0.2, 0.25) is 11.9 Å². The molecule has 0 aliphatic carbocycles. The third kappa shape index (κ3) is 4.59. The molecule has 0 saturated carbocycles. The second kappa shape index (κ2) is 8.71. The van der Waals surface area contributed by atoms with Gasteiger partial charge in [-0.05, 0) is 38.5 Å². The number of anilines is 2. The Hall–Kier alpha value is -2.13. The maximum absolute atomic E-state index is 13.7. The minimum atomic E-state index is -0.401. The zero-order chi connectivity index (χ0) is 19.4. The first kappa shape index (κ1) is 19.6. The number of halogens is 1. The van der Waals surface area contributed by atoms with E-state index < -0.39 is 5.25 Å². The predicted octanol–water partition coefficient (Wildman–Crippen LogP) is 2.70. The fourth-order valence-corrected chi connectivity index (χ4v) is 3.68. The summed E-state index contributed by atoms with van der Waals surface area (Å²) in [5.41, 5.74) is 0.989. The number of nitrogens with one attached hydrogen (secondary N) is 1. The van der Waals surface area contributed by atoms with Crippen LogP contribution in [-0.4, -0.2) is 52.2 Å². The molecule has 0 radical (unpaired) electrons. The van der Waals surface area contributed by atoms with E-state index in [0.29, 0.717) is 36.2 Å². The van der Waals surface area contributed by atoms with Crippen LogP contribution < -0.4 is 10.2 Å². The van der Waals surface area contributed by atoms with Crippen molar-refractivity contribution in [3.8, 4) is 0 Å². The molecule has 2 heterocycles. The molecule has 0 spiro atoms. The number of hydrogen-bond donors (Lipinski definition) is 1. The lowest BCUT2D eigenvalue weighted by Crippen LogP contribution is -2.38. The predicted molar refractivity (Wildman–Crippen MR) is 104 cm³/mol. The van der Waals surface area contributed by atoms with E-state index in [-0.39, 0.29) is 11.7 Å². The molecule has 1 aliphatic rings. The number of rotatable bonds is 6. The van der Waals surface area contributed by atoms with E-state index in [1.54, 1.807) is 26.0 Å². The van der Waals surface area contributed by atoms with Crippen molar-refractivity contribution in [3.05, 3.63) is 29.6 Å². The number of benzene rings is 1. The Labute approximate surface area is 162 Å². The fraction of sp³-hybridized carbons (Fsp3) is 0.500. The second-order valence-electron chi connectivity index (χ2n) is 6.34. The highest BCUT2D eigenvalue weighted by atomic mass is 32.2. The van der Waals surface area contributed by atoms with E-state index in [2.05, 4.69) is 20.4 Å². The Morgan fingerprint density at radius 3 is 2.78 bits per heavy atom. The van der Waals surface area contributed by atoms with Crippen LogP contribution in [0.1, 0.15) is 19.4 Å². The molecule has 27 heavy (non-hydrogen) atoms. The molecular weight excluding hydrogens is 369 g/mol. The van der Waals surface area contributed by atoms with Gasteiger partial charge in [-0.2, -0.15) is 0 Å². The molecule has 1 aromatic heterocycles. The molecule has 9 heteroatoms. The van der Waals surface area contributed by atoms with Crippen LogP contribution in [0.5, 0.6) is 0 Å². The van der Waals surface area contributed by atoms with Crippen molar-refractivity contribution < 1.29 is 13.9 Å². The number of carbonyl (C=O) groups is 1. The van der Waals surface area contributed by atoms with Crippen LogP contribution in [0.15, 0.2) is 23.4 Å². The van der Waals surface area contributed by atoms with Crippen LogP contribution in [0, 0.1) is 12.7 Å². The first-order valence-corrected chi connectivity index (χ1v) is 9.87. The van der Waals surface area contributed by atoms with Crippen LogP contribution in [0.2, 0.25) is 0 Å². The van der Waals surface area contributed by atoms with E-state index in [1.807, 2.05) is 11.5 Å². The van der Waals surface area contributed by atoms with Gasteiger partial charge in [-0.25, -0.2) is 4.39 Å². The van der Waals surface area contributed by atoms with Crippen LogP contribution in [0.4, 0.5) is 16.0 Å². The van der Waals surface area contributed by atoms with Gasteiger partial charge in [-0.15, -0.1) is 10.2 Å². The maximum atomic E-state index is 13.7. The van der Waals surface area contributed by atoms with Gasteiger partial charge < -0.3 is 15.0 Å². The average molecular weight is 393 g/mol. The molecule has 0 unspecified atom stereocenters. The third-order valence-electron chi connectivity index (χ3n) is 4.40. The summed E-state index contributed by atoms with van der Waals surface area (Å²) >= 11 is 1.34. The van der Waals surface area contributed by atoms with Gasteiger partial charge in [0.1, 0.15) is 5.82 Å². The van der Waals surface area contributed by atoms with Gasteiger partial charge in [0.05, 0.1) is 18.5 Å². The zero-order valence-corrected chi connectivity index (χ0v) is 16.6. The van der Waals surface area contributed by atoms with Crippen molar-refractivity contribution in [3.63, 3.8) is 0 Å². The average Bonchev–Trinajstić information content (AvgIpc) is 3.08. The normalized spacial score (nSPS) is 15.6. The summed E-state index contributed by atoms with van der Waals surface area (Å²) in [7, 11) is 0. The largest absolute Gasteiger partial charge is 0.378 e. The summed E-state index contributed by atoms with van der Waals surface area (Å²) in [5, 5.41) is 11.6. The van der Waals surface area contributed by atoms with Gasteiger partial charge in [0, 0.05) is 25.3 Å². The van der Waals surface area contributed by atoms with Crippen LogP contribution in [-0.2, 0) is 16.1 Å². The van der Waals surface area contributed by atoms with Gasteiger partial charge in [0.15, 0.2) is 5.16 Å². The van der Waals surface area contributed by atoms with Crippen molar-refractivity contribution in [2.75, 3.05) is 36.5 Å². The minimum Gasteiger partial charge on any atom is -0.378 e. The summed E-state index contributed by atoms with van der Waals surface area (Å²) in [6.45, 7) is 9.11. The molecule has 1 amide bonds. The molecule has 3 rings (SSSR count). The van der Waals surface area contributed by atoms with Crippen LogP contribution in [0.3, 0.4) is 0 Å². The van der Waals surface area contributed by atoms with E-state index in [4.69, 9.17) is 4.74 Å². The second-order valence-corrected chi connectivity index (χ2v) is 7.65. The minimum absolute atomic E-state index is 0.207. The van der Waals surface area contributed by atoms with E-state index in [9.17, 15) is 9.18 Å². The van der Waals surface area contributed by atoms with Crippen molar-refractivity contribution in [1.29, 1.82) is 0 Å². The molecule has 2 aromatic rings. The monoisotopic (exact) mass is 393 g/mol. The van der Waals surface area contributed by atoms with E-state index in [1.165, 1.54) is 17.8 Å². The molecule has 1 saturated heterocycles. The van der Waals surface area contributed by atoms with Crippen LogP contribution in [0.25, 0.3) is 0 Å². The molecule has 146 valence electrons. The molecule has 0 bridgehead atoms. The number of thioether (sulfide) groups is 1. The highest BCUT2D eigenvalue weighted by Gasteiger charge is 2.23. The SMILES string of the molecule is CCn1c(S[C@@H](C)C(=O)Nc2ccc(C)c(F)c2)nnc1N1CCOCC1. The first-order chi connectivity index (χ1) is 13.0. The Morgan fingerprint density at radius 2 is 2.11 bits per heavy atom. The van der Waals surface area contributed by atoms with Crippen molar-refractivity contribution in [1.82, 2.24) is 14.8 Å². The zero-order valence-electron chi connectivity index (χ0n) is 15.7. The molecule has 1 N–H and O–H groups in total. The summed E-state index contributed by atoms with van der Waals surface area (Å²) in [5.74, 6) is 0.257. The van der Waals surface area contributed by atoms with Crippen LogP contribution >= 0.6 is 11.8 Å². The molecule has 1 aromatic carbocycles. The fourth-order valence-electron chi connectivity index (χ4n) is 2.77. The van der Waals surface area contributed by atoms with Gasteiger partial charge in [-0.1, -0.05) is 17.8 Å². The highest BCUT2D eigenvalue weighted by Crippen LogP contribution is 2.27. The summed E-state index contributed by atoms with van der Waals surface area (Å²) in [6.07, 6.45) is 0. The smallest absolute Gasteiger partial charge is 0.237 e. The Kier molecular flexibility index (Phi) is 6.33. The maximum Gasteiger partial charge on any atom is 0.237 e. The number of aromatic nitrogens is 3. The van der Waals surface area contributed by atoms with Gasteiger partial charge in [-0.3, -0.25) is 9.36 Å². The number of carbonyl (C=O) groups excluding carboxylic acids is 1. The standard InChI is InChI=1S/C18H24FN5O2S/c1-4-24-17(23-7-9-26-10-8-23)21-22-18(24)27-13(3)16(25)20-14-6-5-12(2)15(19)11-14/h5-6,11,13H,4,7-10H2,1-3H3,(H,20,25)/t13-/m0/s1. The molecule has 1 atom stereocenters. The molecule has 1 aliphatic heterocycles. The topological polar surface area (TPSA) is 72.3 Å².